The van der Waals surface area contributed by atoms with E-state index in [4.69, 9.17) is 28.9 Å². The monoisotopic (exact) mass is 399 g/mol. The molecule has 0 aliphatic heterocycles. The molecule has 136 valence electrons. The van der Waals surface area contributed by atoms with Gasteiger partial charge in [-0.25, -0.2) is 14.7 Å². The first-order valence-electron chi connectivity index (χ1n) is 8.00. The second kappa shape index (κ2) is 7.78. The average molecular weight is 400 g/mol. The number of amides is 2. The lowest BCUT2D eigenvalue weighted by Gasteiger charge is -2.23. The normalized spacial score (nSPS) is 10.5. The Balaban J connectivity index is 2.24. The van der Waals surface area contributed by atoms with E-state index in [9.17, 15) is 9.59 Å². The van der Waals surface area contributed by atoms with E-state index >= 15 is 0 Å². The Kier molecular flexibility index (Phi) is 5.44. The molecular weight excluding hydrogens is 385 g/mol. The molecule has 2 amide bonds. The van der Waals surface area contributed by atoms with Crippen molar-refractivity contribution >= 4 is 47.0 Å². The molecule has 0 aliphatic rings. The summed E-state index contributed by atoms with van der Waals surface area (Å²) < 4.78 is 0. The third-order valence-corrected chi connectivity index (χ3v) is 4.66. The molecule has 0 bridgehead atoms. The summed E-state index contributed by atoms with van der Waals surface area (Å²) in [6.07, 6.45) is 0.718. The summed E-state index contributed by atoms with van der Waals surface area (Å²) in [6, 6.07) is 14.7. The number of hydrogen-bond donors (Lipinski definition) is 1. The van der Waals surface area contributed by atoms with Crippen LogP contribution in [0.1, 0.15) is 15.9 Å². The number of urea groups is 1. The highest BCUT2D eigenvalue weighted by Gasteiger charge is 2.23. The van der Waals surface area contributed by atoms with Crippen LogP contribution in [-0.4, -0.2) is 17.3 Å². The number of carbonyl (C=O) groups is 2. The summed E-state index contributed by atoms with van der Waals surface area (Å²) in [5, 5.41) is 0.500. The zero-order valence-corrected chi connectivity index (χ0v) is 15.8. The number of primary amides is 1. The first kappa shape index (κ1) is 18.9. The largest absolute Gasteiger partial charge is 0.351 e. The topological polar surface area (TPSA) is 76.3 Å². The van der Waals surface area contributed by atoms with Gasteiger partial charge in [0.25, 0.3) is 0 Å². The van der Waals surface area contributed by atoms with Gasteiger partial charge in [0, 0.05) is 11.1 Å². The van der Waals surface area contributed by atoms with Crippen molar-refractivity contribution in [2.45, 2.75) is 6.92 Å². The van der Waals surface area contributed by atoms with Gasteiger partial charge >= 0.3 is 6.03 Å². The second-order valence-corrected chi connectivity index (χ2v) is 6.60. The lowest BCUT2D eigenvalue weighted by atomic mass is 10.0. The summed E-state index contributed by atoms with van der Waals surface area (Å²) in [7, 11) is 0. The Morgan fingerprint density at radius 3 is 2.30 bits per heavy atom. The number of aryl methyl sites for hydroxylation is 1. The first-order valence-corrected chi connectivity index (χ1v) is 8.75. The Hall–Kier alpha value is -2.89. The highest BCUT2D eigenvalue weighted by atomic mass is 35.5. The Bertz CT molecular complexity index is 1020. The zero-order valence-electron chi connectivity index (χ0n) is 14.3. The average Bonchev–Trinajstić information content (AvgIpc) is 2.64. The minimum absolute atomic E-state index is 0.210. The molecule has 0 fully saturated rings. The van der Waals surface area contributed by atoms with Gasteiger partial charge in [-0.2, -0.15) is 0 Å². The van der Waals surface area contributed by atoms with Crippen LogP contribution in [0.25, 0.3) is 11.3 Å². The number of nitrogens with two attached hydrogens (primary N) is 1. The number of anilines is 2. The Morgan fingerprint density at radius 1 is 1.04 bits per heavy atom. The van der Waals surface area contributed by atoms with Crippen molar-refractivity contribution in [2.24, 2.45) is 5.73 Å². The van der Waals surface area contributed by atoms with E-state index in [0.29, 0.717) is 11.3 Å². The van der Waals surface area contributed by atoms with Gasteiger partial charge in [0.1, 0.15) is 5.82 Å². The number of rotatable bonds is 4. The SMILES string of the molecule is Cc1ccccc1-c1nc(N(C(N)=O)c2c(Cl)cccc2Cl)ccc1C=O. The van der Waals surface area contributed by atoms with Crippen LogP contribution in [0.5, 0.6) is 0 Å². The molecule has 2 aromatic carbocycles. The van der Waals surface area contributed by atoms with Gasteiger partial charge in [-0.3, -0.25) is 4.79 Å². The lowest BCUT2D eigenvalue weighted by Crippen LogP contribution is -2.32. The smallest absolute Gasteiger partial charge is 0.325 e. The quantitative estimate of drug-likeness (QED) is 0.597. The fourth-order valence-corrected chi connectivity index (χ4v) is 3.34. The molecule has 0 aliphatic carbocycles. The maximum absolute atomic E-state index is 12.2. The Morgan fingerprint density at radius 2 is 1.70 bits per heavy atom. The number of carbonyl (C=O) groups excluding carboxylic acids is 2. The van der Waals surface area contributed by atoms with Crippen molar-refractivity contribution in [2.75, 3.05) is 4.90 Å². The molecule has 7 heteroatoms. The highest BCUT2D eigenvalue weighted by molar-refractivity contribution is 6.40. The van der Waals surface area contributed by atoms with Crippen LogP contribution in [0.3, 0.4) is 0 Å². The van der Waals surface area contributed by atoms with Crippen LogP contribution in [0.2, 0.25) is 10.0 Å². The molecule has 0 radical (unpaired) electrons. The van der Waals surface area contributed by atoms with Crippen molar-refractivity contribution in [3.05, 3.63) is 75.8 Å². The molecule has 0 spiro atoms. The van der Waals surface area contributed by atoms with E-state index in [2.05, 4.69) is 4.98 Å². The van der Waals surface area contributed by atoms with Crippen molar-refractivity contribution in [1.82, 2.24) is 4.98 Å². The maximum atomic E-state index is 12.2. The van der Waals surface area contributed by atoms with Gasteiger partial charge in [-0.15, -0.1) is 0 Å². The maximum Gasteiger partial charge on any atom is 0.325 e. The van der Waals surface area contributed by atoms with E-state index in [1.165, 1.54) is 6.07 Å². The van der Waals surface area contributed by atoms with Crippen molar-refractivity contribution in [1.29, 1.82) is 0 Å². The van der Waals surface area contributed by atoms with Crippen LogP contribution < -0.4 is 10.6 Å². The van der Waals surface area contributed by atoms with E-state index in [1.807, 2.05) is 31.2 Å². The zero-order chi connectivity index (χ0) is 19.6. The minimum atomic E-state index is -0.799. The minimum Gasteiger partial charge on any atom is -0.351 e. The summed E-state index contributed by atoms with van der Waals surface area (Å²) in [4.78, 5) is 29.4. The van der Waals surface area contributed by atoms with Crippen molar-refractivity contribution < 1.29 is 9.59 Å². The number of halogens is 2. The summed E-state index contributed by atoms with van der Waals surface area (Å²) in [6.45, 7) is 1.91. The second-order valence-electron chi connectivity index (χ2n) is 5.78. The van der Waals surface area contributed by atoms with Crippen LogP contribution in [-0.2, 0) is 0 Å². The number of aldehydes is 1. The van der Waals surface area contributed by atoms with Gasteiger partial charge in [0.2, 0.25) is 0 Å². The van der Waals surface area contributed by atoms with Crippen LogP contribution in [0, 0.1) is 6.92 Å². The summed E-state index contributed by atoms with van der Waals surface area (Å²) in [5.74, 6) is 0.210. The van der Waals surface area contributed by atoms with Crippen LogP contribution in [0.4, 0.5) is 16.3 Å². The molecule has 0 atom stereocenters. The van der Waals surface area contributed by atoms with E-state index < -0.39 is 6.03 Å². The number of hydrogen-bond acceptors (Lipinski definition) is 3. The lowest BCUT2D eigenvalue weighted by molar-refractivity contribution is 0.112. The molecule has 27 heavy (non-hydrogen) atoms. The molecule has 0 saturated carbocycles. The number of pyridine rings is 1. The van der Waals surface area contributed by atoms with Crippen LogP contribution in [0.15, 0.2) is 54.6 Å². The van der Waals surface area contributed by atoms with E-state index in [-0.39, 0.29) is 21.6 Å². The van der Waals surface area contributed by atoms with Gasteiger partial charge in [-0.05, 0) is 36.8 Å². The summed E-state index contributed by atoms with van der Waals surface area (Å²) in [5.41, 5.74) is 8.36. The predicted octanol–water partition coefficient (Wildman–Crippen LogP) is 5.39. The predicted molar refractivity (Wildman–Crippen MR) is 108 cm³/mol. The van der Waals surface area contributed by atoms with Gasteiger partial charge in [0.05, 0.1) is 21.4 Å². The standard InChI is InChI=1S/C20H15Cl2N3O2/c1-12-5-2-3-6-14(12)18-13(11-26)9-10-17(24-18)25(20(23)27)19-15(21)7-4-8-16(19)22/h2-11H,1H3,(H2,23,27). The molecule has 3 rings (SSSR count). The van der Waals surface area contributed by atoms with Crippen molar-refractivity contribution in [3.8, 4) is 11.3 Å². The first-order chi connectivity index (χ1) is 12.9. The summed E-state index contributed by atoms with van der Waals surface area (Å²) >= 11 is 12.5. The Labute approximate surface area is 166 Å². The number of benzene rings is 2. The molecular formula is C20H15Cl2N3O2. The fraction of sp³-hybridized carbons (Fsp3) is 0.0500. The number of para-hydroxylation sites is 1. The highest BCUT2D eigenvalue weighted by Crippen LogP contribution is 2.38. The van der Waals surface area contributed by atoms with Crippen molar-refractivity contribution in [3.63, 3.8) is 0 Å². The molecule has 1 heterocycles. The molecule has 2 N–H and O–H groups in total. The van der Waals surface area contributed by atoms with E-state index in [0.717, 1.165) is 22.3 Å². The van der Waals surface area contributed by atoms with E-state index in [1.54, 1.807) is 24.3 Å². The van der Waals surface area contributed by atoms with Crippen LogP contribution >= 0.6 is 23.2 Å². The molecule has 5 nitrogen and oxygen atoms in total. The number of aromatic nitrogens is 1. The fourth-order valence-electron chi connectivity index (χ4n) is 2.77. The molecule has 0 saturated heterocycles. The van der Waals surface area contributed by atoms with Gasteiger partial charge in [-0.1, -0.05) is 53.5 Å². The molecule has 3 aromatic rings. The number of nitrogens with zero attached hydrogens (tertiary/aromatic N) is 2. The third-order valence-electron chi connectivity index (χ3n) is 4.05. The van der Waals surface area contributed by atoms with Gasteiger partial charge < -0.3 is 5.73 Å². The van der Waals surface area contributed by atoms with Gasteiger partial charge in [0.15, 0.2) is 6.29 Å². The third kappa shape index (κ3) is 3.65. The molecule has 1 aromatic heterocycles. The molecule has 0 unspecified atom stereocenters.